The van der Waals surface area contributed by atoms with Gasteiger partial charge in [-0.25, -0.2) is 9.97 Å². The van der Waals surface area contributed by atoms with E-state index in [1.165, 1.54) is 5.56 Å². The van der Waals surface area contributed by atoms with E-state index in [9.17, 15) is 0 Å². The molecule has 0 amide bonds. The number of hydrogen-bond donors (Lipinski definition) is 3. The van der Waals surface area contributed by atoms with Crippen LogP contribution in [0.4, 0.5) is 11.6 Å². The van der Waals surface area contributed by atoms with Crippen LogP contribution in [0.3, 0.4) is 0 Å². The fourth-order valence-corrected chi connectivity index (χ4v) is 3.99. The number of aromatic nitrogens is 2. The van der Waals surface area contributed by atoms with E-state index in [1.54, 1.807) is 6.20 Å². The van der Waals surface area contributed by atoms with Crippen LogP contribution in [-0.2, 0) is 6.42 Å². The minimum Gasteiger partial charge on any atom is -0.454 e. The van der Waals surface area contributed by atoms with Gasteiger partial charge in [-0.05, 0) is 68.2 Å². The first kappa shape index (κ1) is 19.6. The number of rotatable bonds is 7. The molecule has 2 aromatic carbocycles. The summed E-state index contributed by atoms with van der Waals surface area (Å²) < 4.78 is 10.8. The van der Waals surface area contributed by atoms with Gasteiger partial charge < -0.3 is 25.4 Å². The highest BCUT2D eigenvalue weighted by molar-refractivity contribution is 5.65. The molecule has 0 aliphatic carbocycles. The number of fused-ring (bicyclic) bond motifs is 1. The lowest BCUT2D eigenvalue weighted by Crippen LogP contribution is -2.35. The van der Waals surface area contributed by atoms with Crippen molar-refractivity contribution in [3.8, 4) is 22.8 Å². The lowest BCUT2D eigenvalue weighted by molar-refractivity contribution is 0.174. The fraction of sp³-hybridized carbons (Fsp3) is 0.333. The Morgan fingerprint density at radius 2 is 1.90 bits per heavy atom. The van der Waals surface area contributed by atoms with Crippen LogP contribution in [0.15, 0.2) is 54.7 Å². The van der Waals surface area contributed by atoms with E-state index in [1.807, 2.05) is 18.2 Å². The zero-order valence-corrected chi connectivity index (χ0v) is 17.4. The maximum absolute atomic E-state index is 5.45. The van der Waals surface area contributed by atoms with Crippen LogP contribution in [0.2, 0.25) is 0 Å². The summed E-state index contributed by atoms with van der Waals surface area (Å²) >= 11 is 0. The third-order valence-corrected chi connectivity index (χ3v) is 5.66. The van der Waals surface area contributed by atoms with Crippen molar-refractivity contribution >= 4 is 11.6 Å². The van der Waals surface area contributed by atoms with Crippen molar-refractivity contribution in [3.63, 3.8) is 0 Å². The van der Waals surface area contributed by atoms with E-state index in [0.717, 1.165) is 67.3 Å². The molecular formula is C24H27N5O2. The minimum absolute atomic E-state index is 0.298. The molecule has 0 saturated carbocycles. The first-order valence-corrected chi connectivity index (χ1v) is 10.9. The Hall–Kier alpha value is -3.32. The lowest BCUT2D eigenvalue weighted by Gasteiger charge is -2.24. The molecule has 0 atom stereocenters. The first-order chi connectivity index (χ1) is 15.3. The molecule has 3 N–H and O–H groups in total. The van der Waals surface area contributed by atoms with Gasteiger partial charge >= 0.3 is 0 Å². The van der Waals surface area contributed by atoms with Gasteiger partial charge in [0.05, 0.1) is 5.69 Å². The molecule has 0 bridgehead atoms. The maximum Gasteiger partial charge on any atom is 0.231 e. The second-order valence-corrected chi connectivity index (χ2v) is 7.88. The van der Waals surface area contributed by atoms with Crippen molar-refractivity contribution in [3.05, 3.63) is 60.3 Å². The minimum atomic E-state index is 0.298. The Morgan fingerprint density at radius 1 is 1.00 bits per heavy atom. The van der Waals surface area contributed by atoms with E-state index in [0.29, 0.717) is 18.8 Å². The molecule has 7 heteroatoms. The molecule has 3 aromatic rings. The third-order valence-electron chi connectivity index (χ3n) is 5.66. The molecular weight excluding hydrogens is 390 g/mol. The molecule has 2 aliphatic rings. The Labute approximate surface area is 182 Å². The molecule has 160 valence electrons. The Bertz CT molecular complexity index is 1040. The summed E-state index contributed by atoms with van der Waals surface area (Å²) in [5, 5.41) is 10.4. The standard InChI is InChI=1S/C24H27N5O2/c1-2-18(15-20(3-1)28-19-7-10-25-11-8-19)21-9-13-27-24(29-21)26-12-6-17-4-5-22-23(14-17)31-16-30-22/h1-5,9,13-15,19,25,28H,6-8,10-12,16H2,(H,26,27,29). The average molecular weight is 418 g/mol. The molecule has 2 aliphatic heterocycles. The quantitative estimate of drug-likeness (QED) is 0.541. The van der Waals surface area contributed by atoms with Crippen LogP contribution in [0, 0.1) is 0 Å². The molecule has 0 radical (unpaired) electrons. The first-order valence-electron chi connectivity index (χ1n) is 10.9. The van der Waals surface area contributed by atoms with Gasteiger partial charge in [-0.15, -0.1) is 0 Å². The zero-order chi connectivity index (χ0) is 20.9. The number of hydrogen-bond acceptors (Lipinski definition) is 7. The smallest absolute Gasteiger partial charge is 0.231 e. The Morgan fingerprint density at radius 3 is 2.84 bits per heavy atom. The Balaban J connectivity index is 1.21. The lowest BCUT2D eigenvalue weighted by atomic mass is 10.1. The van der Waals surface area contributed by atoms with Crippen LogP contribution in [0.1, 0.15) is 18.4 Å². The van der Waals surface area contributed by atoms with Gasteiger partial charge in [0.1, 0.15) is 0 Å². The van der Waals surface area contributed by atoms with Crippen molar-refractivity contribution in [2.24, 2.45) is 0 Å². The van der Waals surface area contributed by atoms with Gasteiger partial charge in [0.25, 0.3) is 0 Å². The molecule has 0 spiro atoms. The molecule has 1 aromatic heterocycles. The topological polar surface area (TPSA) is 80.3 Å². The van der Waals surface area contributed by atoms with Crippen LogP contribution in [-0.4, -0.2) is 42.4 Å². The molecule has 5 rings (SSSR count). The average Bonchev–Trinajstić information content (AvgIpc) is 3.28. The van der Waals surface area contributed by atoms with Crippen LogP contribution in [0.25, 0.3) is 11.3 Å². The highest BCUT2D eigenvalue weighted by Crippen LogP contribution is 2.32. The fourth-order valence-electron chi connectivity index (χ4n) is 3.99. The Kier molecular flexibility index (Phi) is 5.84. The van der Waals surface area contributed by atoms with Crippen molar-refractivity contribution in [2.75, 3.05) is 37.1 Å². The van der Waals surface area contributed by atoms with Crippen molar-refractivity contribution in [1.82, 2.24) is 15.3 Å². The molecule has 1 saturated heterocycles. The highest BCUT2D eigenvalue weighted by atomic mass is 16.7. The highest BCUT2D eigenvalue weighted by Gasteiger charge is 2.14. The summed E-state index contributed by atoms with van der Waals surface area (Å²) in [5.41, 5.74) is 4.32. The maximum atomic E-state index is 5.45. The molecule has 7 nitrogen and oxygen atoms in total. The number of piperidine rings is 1. The van der Waals surface area contributed by atoms with E-state index in [2.05, 4.69) is 51.3 Å². The van der Waals surface area contributed by atoms with Gasteiger partial charge in [0, 0.05) is 30.0 Å². The van der Waals surface area contributed by atoms with Crippen LogP contribution >= 0.6 is 0 Å². The van der Waals surface area contributed by atoms with Gasteiger partial charge in [0.15, 0.2) is 11.5 Å². The van der Waals surface area contributed by atoms with Gasteiger partial charge in [-0.3, -0.25) is 0 Å². The second kappa shape index (κ2) is 9.22. The van der Waals surface area contributed by atoms with Gasteiger partial charge in [-0.2, -0.15) is 0 Å². The summed E-state index contributed by atoms with van der Waals surface area (Å²) in [6.45, 7) is 3.18. The second-order valence-electron chi connectivity index (χ2n) is 7.88. The van der Waals surface area contributed by atoms with Crippen molar-refractivity contribution in [1.29, 1.82) is 0 Å². The number of nitrogens with zero attached hydrogens (tertiary/aromatic N) is 2. The van der Waals surface area contributed by atoms with Gasteiger partial charge in [0.2, 0.25) is 12.7 Å². The number of ether oxygens (including phenoxy) is 2. The van der Waals surface area contributed by atoms with E-state index >= 15 is 0 Å². The predicted molar refractivity (Wildman–Crippen MR) is 122 cm³/mol. The molecule has 0 unspecified atom stereocenters. The third kappa shape index (κ3) is 4.88. The van der Waals surface area contributed by atoms with Gasteiger partial charge in [-0.1, -0.05) is 18.2 Å². The summed E-state index contributed by atoms with van der Waals surface area (Å²) in [4.78, 5) is 9.10. The van der Waals surface area contributed by atoms with Crippen LogP contribution < -0.4 is 25.4 Å². The van der Waals surface area contributed by atoms with E-state index in [-0.39, 0.29) is 0 Å². The summed E-state index contributed by atoms with van der Waals surface area (Å²) in [7, 11) is 0. The monoisotopic (exact) mass is 417 g/mol. The summed E-state index contributed by atoms with van der Waals surface area (Å²) in [5.74, 6) is 2.26. The molecule has 1 fully saturated rings. The molecule has 31 heavy (non-hydrogen) atoms. The number of anilines is 2. The summed E-state index contributed by atoms with van der Waals surface area (Å²) in [6, 6.07) is 17.0. The molecule has 3 heterocycles. The summed E-state index contributed by atoms with van der Waals surface area (Å²) in [6.07, 6.45) is 4.95. The normalized spacial score (nSPS) is 15.6. The zero-order valence-electron chi connectivity index (χ0n) is 17.4. The predicted octanol–water partition coefficient (Wildman–Crippen LogP) is 3.69. The van der Waals surface area contributed by atoms with Crippen molar-refractivity contribution < 1.29 is 9.47 Å². The van der Waals surface area contributed by atoms with E-state index < -0.39 is 0 Å². The number of benzene rings is 2. The number of nitrogens with one attached hydrogen (secondary N) is 3. The van der Waals surface area contributed by atoms with Crippen molar-refractivity contribution in [2.45, 2.75) is 25.3 Å². The largest absolute Gasteiger partial charge is 0.454 e. The SMILES string of the molecule is c1cc(NC2CCNCC2)cc(-c2ccnc(NCCc3ccc4c(c3)OCO4)n2)c1. The van der Waals surface area contributed by atoms with E-state index in [4.69, 9.17) is 14.5 Å². The van der Waals surface area contributed by atoms with Crippen LogP contribution in [0.5, 0.6) is 11.5 Å².